The number of fused-ring (bicyclic) bond motifs is 3. The molecular formula is C44H46O18. The van der Waals surface area contributed by atoms with E-state index in [0.717, 1.165) is 6.08 Å². The minimum absolute atomic E-state index is 0.0336. The molecule has 3 aromatic carbocycles. The number of carbonyl (C=O) groups is 3. The van der Waals surface area contributed by atoms with Crippen molar-refractivity contribution in [3.8, 4) is 5.75 Å². The molecule has 0 bridgehead atoms. The van der Waals surface area contributed by atoms with Crippen LogP contribution in [0.4, 0.5) is 0 Å². The van der Waals surface area contributed by atoms with Crippen molar-refractivity contribution in [1.82, 2.24) is 0 Å². The van der Waals surface area contributed by atoms with Gasteiger partial charge in [0.1, 0.15) is 41.9 Å². The fraction of sp³-hybridized carbons (Fsp3) is 0.432. The third-order valence-corrected chi connectivity index (χ3v) is 11.7. The summed E-state index contributed by atoms with van der Waals surface area (Å²) in [5.74, 6) is -4.05. The van der Waals surface area contributed by atoms with Crippen molar-refractivity contribution in [1.29, 1.82) is 0 Å². The van der Waals surface area contributed by atoms with Gasteiger partial charge in [0.2, 0.25) is 6.29 Å². The first-order valence-corrected chi connectivity index (χ1v) is 20.0. The number of esters is 3. The van der Waals surface area contributed by atoms with Gasteiger partial charge in [0, 0.05) is 12.0 Å². The zero-order valence-electron chi connectivity index (χ0n) is 33.0. The van der Waals surface area contributed by atoms with E-state index in [-0.39, 0.29) is 16.9 Å². The number of ether oxygens (including phenoxy) is 9. The molecule has 0 unspecified atom stereocenters. The Morgan fingerprint density at radius 2 is 1.35 bits per heavy atom. The van der Waals surface area contributed by atoms with Crippen molar-refractivity contribution in [2.24, 2.45) is 11.8 Å². The van der Waals surface area contributed by atoms with Crippen molar-refractivity contribution in [3.63, 3.8) is 0 Å². The van der Waals surface area contributed by atoms with Crippen molar-refractivity contribution in [3.05, 3.63) is 120 Å². The number of benzene rings is 3. The molecule has 6 N–H and O–H groups in total. The average Bonchev–Trinajstić information content (AvgIpc) is 3.96. The molecule has 3 aromatic rings. The highest BCUT2D eigenvalue weighted by Crippen LogP contribution is 2.61. The van der Waals surface area contributed by atoms with E-state index in [2.05, 4.69) is 0 Å². The molecule has 18 heteroatoms. The number of aromatic hydroxyl groups is 1. The summed E-state index contributed by atoms with van der Waals surface area (Å²) in [5.41, 5.74) is -0.488. The summed E-state index contributed by atoms with van der Waals surface area (Å²) in [6.07, 6.45) is -12.7. The van der Waals surface area contributed by atoms with Gasteiger partial charge in [-0.3, -0.25) is 0 Å². The number of hydrogen-bond acceptors (Lipinski definition) is 18. The van der Waals surface area contributed by atoms with Crippen LogP contribution in [-0.4, -0.2) is 147 Å². The molecule has 0 radical (unpaired) electrons. The Bertz CT molecular complexity index is 2100. The monoisotopic (exact) mass is 862 g/mol. The summed E-state index contributed by atoms with van der Waals surface area (Å²) in [6, 6.07) is 22.0. The molecule has 62 heavy (non-hydrogen) atoms. The molecule has 18 nitrogen and oxygen atoms in total. The number of phenolic OH excluding ortho intramolecular Hbond substituents is 1. The van der Waals surface area contributed by atoms with Crippen LogP contribution in [-0.2, 0) is 47.4 Å². The summed E-state index contributed by atoms with van der Waals surface area (Å²) in [4.78, 5) is 41.1. The normalized spacial score (nSPS) is 37.1. The lowest BCUT2D eigenvalue weighted by Gasteiger charge is -2.45. The molecular weight excluding hydrogens is 816 g/mol. The second kappa shape index (κ2) is 18.2. The van der Waals surface area contributed by atoms with Gasteiger partial charge in [0.15, 0.2) is 30.9 Å². The molecule has 16 atom stereocenters. The van der Waals surface area contributed by atoms with Gasteiger partial charge in [-0.15, -0.1) is 0 Å². The molecule has 0 aromatic heterocycles. The molecule has 3 saturated heterocycles. The van der Waals surface area contributed by atoms with Crippen LogP contribution in [0.3, 0.4) is 0 Å². The van der Waals surface area contributed by atoms with E-state index < -0.39 is 128 Å². The number of epoxide rings is 1. The van der Waals surface area contributed by atoms with Crippen LogP contribution in [0.5, 0.6) is 5.75 Å². The van der Waals surface area contributed by atoms with Crippen LogP contribution in [0.25, 0.3) is 6.08 Å². The van der Waals surface area contributed by atoms with Gasteiger partial charge in [0.25, 0.3) is 0 Å². The number of carbonyl (C=O) groups excluding carboxylic acids is 3. The second-order valence-corrected chi connectivity index (χ2v) is 15.5. The first-order valence-electron chi connectivity index (χ1n) is 20.0. The molecule has 4 heterocycles. The lowest BCUT2D eigenvalue weighted by Crippen LogP contribution is -2.62. The Morgan fingerprint density at radius 1 is 0.710 bits per heavy atom. The zero-order valence-corrected chi connectivity index (χ0v) is 33.0. The van der Waals surface area contributed by atoms with Crippen molar-refractivity contribution in [2.75, 3.05) is 13.2 Å². The summed E-state index contributed by atoms with van der Waals surface area (Å²) in [5, 5.41) is 61.6. The van der Waals surface area contributed by atoms with Gasteiger partial charge >= 0.3 is 17.9 Å². The third-order valence-electron chi connectivity index (χ3n) is 11.7. The van der Waals surface area contributed by atoms with Crippen molar-refractivity contribution >= 4 is 24.0 Å². The summed E-state index contributed by atoms with van der Waals surface area (Å²) in [7, 11) is 0. The topological polar surface area (TPSA) is 259 Å². The number of rotatable bonds is 13. The van der Waals surface area contributed by atoms with E-state index in [1.807, 2.05) is 0 Å². The van der Waals surface area contributed by atoms with Crippen LogP contribution >= 0.6 is 0 Å². The Labute approximate surface area is 354 Å². The average molecular weight is 863 g/mol. The quantitative estimate of drug-likeness (QED) is 0.0605. The van der Waals surface area contributed by atoms with Gasteiger partial charge in [0.05, 0.1) is 48.7 Å². The van der Waals surface area contributed by atoms with Gasteiger partial charge in [-0.1, -0.05) is 48.5 Å². The van der Waals surface area contributed by atoms with E-state index in [0.29, 0.717) is 5.56 Å². The molecule has 4 fully saturated rings. The Kier molecular flexibility index (Phi) is 12.8. The highest BCUT2D eigenvalue weighted by Gasteiger charge is 2.77. The lowest BCUT2D eigenvalue weighted by molar-refractivity contribution is -0.346. The summed E-state index contributed by atoms with van der Waals surface area (Å²) >= 11 is 0. The molecule has 8 rings (SSSR count). The fourth-order valence-corrected chi connectivity index (χ4v) is 8.42. The van der Waals surface area contributed by atoms with Crippen molar-refractivity contribution in [2.45, 2.75) is 92.4 Å². The molecule has 0 amide bonds. The van der Waals surface area contributed by atoms with Crippen molar-refractivity contribution < 1.29 is 87.7 Å². The Hall–Kier alpha value is -5.25. The molecule has 1 saturated carbocycles. The van der Waals surface area contributed by atoms with Gasteiger partial charge < -0.3 is 73.3 Å². The predicted octanol–water partition coefficient (Wildman–Crippen LogP) is 0.961. The highest BCUT2D eigenvalue weighted by molar-refractivity contribution is 5.91. The van der Waals surface area contributed by atoms with E-state index >= 15 is 0 Å². The Morgan fingerprint density at radius 3 is 1.98 bits per heavy atom. The first-order chi connectivity index (χ1) is 29.9. The first kappa shape index (κ1) is 43.4. The van der Waals surface area contributed by atoms with Gasteiger partial charge in [-0.05, 0) is 61.0 Å². The maximum absolute atomic E-state index is 13.8. The maximum atomic E-state index is 13.8. The molecule has 1 aliphatic carbocycles. The maximum Gasteiger partial charge on any atom is 0.338 e. The van der Waals surface area contributed by atoms with Gasteiger partial charge in [-0.2, -0.15) is 0 Å². The third kappa shape index (κ3) is 8.58. The smallest absolute Gasteiger partial charge is 0.338 e. The SMILES string of the molecule is C[C@@H]1O[C@@H](O[C@H]2[C@@H]3C=CO[C@@H](O[C@@H]4O[C@H](CO)[C@@H](O)[C@H](O)[C@H]4O)[C@@H]3[C@@]3(CO)O[C@@H]23)[C@H](OC(=O)c2ccccc2)[C@H](OC(=O)c2ccccc2)[C@H]1OC(=O)/C=C\c1ccc(O)cc1. The standard InChI is InChI=1S/C44H46O18/c1-22-34(57-29(48)17-14-23-12-15-26(47)16-13-23)36(58-39(52)24-8-4-2-5-9-24)37(59-40(53)25-10-6-3-7-11-25)43(55-22)60-35-27-18-19-54-41(30(27)44(21-46)38(35)62-44)61-42-33(51)32(50)31(49)28(20-45)56-42/h2-19,22,27-28,30-38,41-43,45-47,49-51H,20-21H2,1H3/b17-14-/t22-,27+,28+,30+,31+,32-,33+,34-,35-,36+,37+,38-,41-,42-,43-,44+/m0/s1. The molecule has 4 aliphatic heterocycles. The molecule has 5 aliphatic rings. The Balaban J connectivity index is 1.10. The van der Waals surface area contributed by atoms with Crippen LogP contribution in [0, 0.1) is 11.8 Å². The number of aliphatic hydroxyl groups excluding tert-OH is 5. The summed E-state index contributed by atoms with van der Waals surface area (Å²) < 4.78 is 54.6. The fourth-order valence-electron chi connectivity index (χ4n) is 8.42. The van der Waals surface area contributed by atoms with Crippen LogP contribution in [0.15, 0.2) is 103 Å². The zero-order chi connectivity index (χ0) is 43.7. The predicted molar refractivity (Wildman–Crippen MR) is 208 cm³/mol. The van der Waals surface area contributed by atoms with Gasteiger partial charge in [-0.25, -0.2) is 14.4 Å². The van der Waals surface area contributed by atoms with Crippen LogP contribution in [0.1, 0.15) is 33.2 Å². The lowest BCUT2D eigenvalue weighted by atomic mass is 9.85. The highest BCUT2D eigenvalue weighted by atomic mass is 16.8. The summed E-state index contributed by atoms with van der Waals surface area (Å²) in [6.45, 7) is 0.308. The second-order valence-electron chi connectivity index (χ2n) is 15.5. The van der Waals surface area contributed by atoms with E-state index in [9.17, 15) is 45.0 Å². The number of hydrogen-bond donors (Lipinski definition) is 6. The molecule has 0 spiro atoms. The minimum Gasteiger partial charge on any atom is -0.508 e. The van der Waals surface area contributed by atoms with Crippen LogP contribution < -0.4 is 0 Å². The minimum atomic E-state index is -1.76. The van der Waals surface area contributed by atoms with E-state index in [4.69, 9.17) is 42.6 Å². The number of phenols is 1. The van der Waals surface area contributed by atoms with E-state index in [1.165, 1.54) is 48.7 Å². The largest absolute Gasteiger partial charge is 0.508 e. The number of aliphatic hydroxyl groups is 5. The van der Waals surface area contributed by atoms with Crippen LogP contribution in [0.2, 0.25) is 0 Å². The van der Waals surface area contributed by atoms with E-state index in [1.54, 1.807) is 61.5 Å². The molecule has 330 valence electrons.